The van der Waals surface area contributed by atoms with Crippen molar-refractivity contribution in [2.45, 2.75) is 32.6 Å². The van der Waals surface area contributed by atoms with Gasteiger partial charge in [0.25, 0.3) is 0 Å². The molecule has 0 aliphatic heterocycles. The molecule has 0 fully saturated rings. The maximum Gasteiger partial charge on any atom is 0.323 e. The van der Waals surface area contributed by atoms with Crippen LogP contribution in [0, 0.1) is 6.92 Å². The molecule has 0 bridgehead atoms. The molecule has 0 heterocycles. The zero-order valence-corrected chi connectivity index (χ0v) is 19.8. The van der Waals surface area contributed by atoms with Crippen molar-refractivity contribution in [3.8, 4) is 0 Å². The number of amides is 4. The van der Waals surface area contributed by atoms with Gasteiger partial charge in [-0.05, 0) is 54.8 Å². The number of nitrogens with one attached hydrogen (secondary N) is 4. The number of hydrogen-bond acceptors (Lipinski definition) is 4. The van der Waals surface area contributed by atoms with Crippen molar-refractivity contribution < 1.29 is 24.3 Å². The maximum atomic E-state index is 12.6. The van der Waals surface area contributed by atoms with Crippen LogP contribution in [0.15, 0.2) is 72.8 Å². The van der Waals surface area contributed by atoms with Crippen LogP contribution < -0.4 is 21.3 Å². The lowest BCUT2D eigenvalue weighted by molar-refractivity contribution is -0.137. The highest BCUT2D eigenvalue weighted by atomic mass is 16.4. The highest BCUT2D eigenvalue weighted by Gasteiger charge is 2.11. The fraction of sp³-hybridized carbons (Fsp3) is 0.185. The highest BCUT2D eigenvalue weighted by Crippen LogP contribution is 2.22. The predicted molar refractivity (Wildman–Crippen MR) is 139 cm³/mol. The van der Waals surface area contributed by atoms with Gasteiger partial charge in [-0.3, -0.25) is 14.4 Å². The molecule has 0 saturated heterocycles. The number of para-hydroxylation sites is 3. The number of aryl methyl sites for hydroxylation is 1. The molecule has 3 aromatic carbocycles. The Labute approximate surface area is 208 Å². The molecule has 0 aliphatic rings. The topological polar surface area (TPSA) is 137 Å². The van der Waals surface area contributed by atoms with Gasteiger partial charge in [0.15, 0.2) is 0 Å². The second-order valence-electron chi connectivity index (χ2n) is 8.16. The molecule has 5 N–H and O–H groups in total. The van der Waals surface area contributed by atoms with Crippen LogP contribution in [0.25, 0.3) is 0 Å². The molecule has 36 heavy (non-hydrogen) atoms. The van der Waals surface area contributed by atoms with Gasteiger partial charge < -0.3 is 26.4 Å². The molecule has 0 aromatic heterocycles. The first-order chi connectivity index (χ1) is 17.3. The summed E-state index contributed by atoms with van der Waals surface area (Å²) in [6.07, 6.45) is 0.306. The van der Waals surface area contributed by atoms with Crippen molar-refractivity contribution in [2.24, 2.45) is 0 Å². The SMILES string of the molecule is Cc1ccccc1NC(=O)Nc1ccc(CC(=O)Nc2ccccc2NC(=O)CCCC(=O)O)cc1. The number of hydrogen-bond donors (Lipinski definition) is 5. The molecular weight excluding hydrogens is 460 g/mol. The van der Waals surface area contributed by atoms with Gasteiger partial charge in [-0.25, -0.2) is 4.79 Å². The number of carbonyl (C=O) groups excluding carboxylic acids is 3. The largest absolute Gasteiger partial charge is 0.481 e. The number of carbonyl (C=O) groups is 4. The fourth-order valence-corrected chi connectivity index (χ4v) is 3.40. The summed E-state index contributed by atoms with van der Waals surface area (Å²) in [6, 6.07) is 20.8. The minimum Gasteiger partial charge on any atom is -0.481 e. The monoisotopic (exact) mass is 488 g/mol. The van der Waals surface area contributed by atoms with Gasteiger partial charge >= 0.3 is 12.0 Å². The van der Waals surface area contributed by atoms with Crippen LogP contribution in [0.1, 0.15) is 30.4 Å². The van der Waals surface area contributed by atoms with Gasteiger partial charge in [0.05, 0.1) is 17.8 Å². The van der Waals surface area contributed by atoms with Crippen molar-refractivity contribution in [3.63, 3.8) is 0 Å². The molecule has 0 saturated carbocycles. The number of urea groups is 1. The van der Waals surface area contributed by atoms with Crippen molar-refractivity contribution in [1.29, 1.82) is 0 Å². The first-order valence-corrected chi connectivity index (χ1v) is 11.4. The van der Waals surface area contributed by atoms with Crippen LogP contribution in [-0.2, 0) is 20.8 Å². The number of carboxylic acids is 1. The van der Waals surface area contributed by atoms with E-state index in [1.807, 2.05) is 31.2 Å². The molecule has 9 heteroatoms. The molecule has 0 unspecified atom stereocenters. The Kier molecular flexibility index (Phi) is 9.16. The van der Waals surface area contributed by atoms with Crippen LogP contribution in [0.2, 0.25) is 0 Å². The Hall–Kier alpha value is -4.66. The van der Waals surface area contributed by atoms with E-state index in [4.69, 9.17) is 5.11 Å². The lowest BCUT2D eigenvalue weighted by atomic mass is 10.1. The van der Waals surface area contributed by atoms with Crippen molar-refractivity contribution in [2.75, 3.05) is 21.3 Å². The summed E-state index contributed by atoms with van der Waals surface area (Å²) in [5.41, 5.74) is 3.88. The van der Waals surface area contributed by atoms with E-state index < -0.39 is 5.97 Å². The van der Waals surface area contributed by atoms with Crippen molar-refractivity contribution in [1.82, 2.24) is 0 Å². The van der Waals surface area contributed by atoms with Crippen LogP contribution in [-0.4, -0.2) is 28.9 Å². The number of rotatable bonds is 10. The Bertz CT molecular complexity index is 1240. The molecule has 186 valence electrons. The van der Waals surface area contributed by atoms with E-state index in [-0.39, 0.29) is 43.5 Å². The Morgan fingerprint density at radius 3 is 1.86 bits per heavy atom. The van der Waals surface area contributed by atoms with Crippen molar-refractivity contribution >= 4 is 46.6 Å². The molecule has 0 aliphatic carbocycles. The molecule has 3 aromatic rings. The molecule has 3 rings (SSSR count). The Balaban J connectivity index is 1.52. The zero-order valence-electron chi connectivity index (χ0n) is 19.8. The normalized spacial score (nSPS) is 10.2. The number of carboxylic acid groups (broad SMARTS) is 1. The number of anilines is 4. The zero-order chi connectivity index (χ0) is 25.9. The first-order valence-electron chi connectivity index (χ1n) is 11.4. The standard InChI is InChI=1S/C27H28N4O5/c1-18-7-2-3-8-21(18)31-27(36)28-20-15-13-19(14-16-20)17-25(33)30-23-10-5-4-9-22(23)29-24(32)11-6-12-26(34)35/h2-5,7-10,13-16H,6,11-12,17H2,1H3,(H,29,32)(H,30,33)(H,34,35)(H2,28,31,36). The molecule has 9 nitrogen and oxygen atoms in total. The number of aliphatic carboxylic acids is 1. The molecule has 0 spiro atoms. The lowest BCUT2D eigenvalue weighted by Gasteiger charge is -2.13. The highest BCUT2D eigenvalue weighted by molar-refractivity contribution is 6.01. The fourth-order valence-electron chi connectivity index (χ4n) is 3.40. The molecular formula is C27H28N4O5. The maximum absolute atomic E-state index is 12.6. The quantitative estimate of drug-likeness (QED) is 0.273. The summed E-state index contributed by atoms with van der Waals surface area (Å²) < 4.78 is 0. The summed E-state index contributed by atoms with van der Waals surface area (Å²) in [5.74, 6) is -1.56. The van der Waals surface area contributed by atoms with Gasteiger partial charge in [-0.2, -0.15) is 0 Å². The third kappa shape index (κ3) is 8.28. The predicted octanol–water partition coefficient (Wildman–Crippen LogP) is 5.01. The summed E-state index contributed by atoms with van der Waals surface area (Å²) in [4.78, 5) is 47.6. The van der Waals surface area contributed by atoms with E-state index in [1.54, 1.807) is 48.5 Å². The average Bonchev–Trinajstić information content (AvgIpc) is 2.83. The minimum absolute atomic E-state index is 0.0674. The van der Waals surface area contributed by atoms with Crippen LogP contribution >= 0.6 is 0 Å². The van der Waals surface area contributed by atoms with Gasteiger partial charge in [0.2, 0.25) is 11.8 Å². The van der Waals surface area contributed by atoms with E-state index in [0.717, 1.165) is 16.8 Å². The van der Waals surface area contributed by atoms with Gasteiger partial charge in [0, 0.05) is 24.2 Å². The minimum atomic E-state index is -0.954. The summed E-state index contributed by atoms with van der Waals surface area (Å²) in [5, 5.41) is 19.8. The molecule has 0 radical (unpaired) electrons. The van der Waals surface area contributed by atoms with Gasteiger partial charge in [0.1, 0.15) is 0 Å². The smallest absolute Gasteiger partial charge is 0.323 e. The van der Waals surface area contributed by atoms with Crippen LogP contribution in [0.3, 0.4) is 0 Å². The van der Waals surface area contributed by atoms with Gasteiger partial charge in [-0.1, -0.05) is 42.5 Å². The Morgan fingerprint density at radius 2 is 1.25 bits per heavy atom. The summed E-state index contributed by atoms with van der Waals surface area (Å²) >= 11 is 0. The van der Waals surface area contributed by atoms with E-state index in [0.29, 0.717) is 17.1 Å². The third-order valence-corrected chi connectivity index (χ3v) is 5.24. The summed E-state index contributed by atoms with van der Waals surface area (Å²) in [6.45, 7) is 1.91. The summed E-state index contributed by atoms with van der Waals surface area (Å²) in [7, 11) is 0. The van der Waals surface area contributed by atoms with E-state index in [9.17, 15) is 19.2 Å². The second kappa shape index (κ2) is 12.7. The average molecular weight is 489 g/mol. The number of benzene rings is 3. The third-order valence-electron chi connectivity index (χ3n) is 5.24. The Morgan fingerprint density at radius 1 is 0.667 bits per heavy atom. The van der Waals surface area contributed by atoms with E-state index in [2.05, 4.69) is 21.3 Å². The van der Waals surface area contributed by atoms with E-state index in [1.165, 1.54) is 0 Å². The van der Waals surface area contributed by atoms with Crippen molar-refractivity contribution in [3.05, 3.63) is 83.9 Å². The van der Waals surface area contributed by atoms with Crippen LogP contribution in [0.4, 0.5) is 27.5 Å². The second-order valence-corrected chi connectivity index (χ2v) is 8.16. The van der Waals surface area contributed by atoms with E-state index >= 15 is 0 Å². The molecule has 4 amide bonds. The molecule has 0 atom stereocenters. The lowest BCUT2D eigenvalue weighted by Crippen LogP contribution is -2.20. The van der Waals surface area contributed by atoms with Crippen LogP contribution in [0.5, 0.6) is 0 Å². The first kappa shape index (κ1) is 26.0. The van der Waals surface area contributed by atoms with Gasteiger partial charge in [-0.15, -0.1) is 0 Å².